The molecule has 31 heavy (non-hydrogen) atoms. The van der Waals surface area contributed by atoms with E-state index in [1.165, 1.54) is 6.21 Å². The van der Waals surface area contributed by atoms with Gasteiger partial charge in [-0.3, -0.25) is 4.79 Å². The summed E-state index contributed by atoms with van der Waals surface area (Å²) in [4.78, 5) is 24.5. The molecule has 158 valence electrons. The lowest BCUT2D eigenvalue weighted by Crippen LogP contribution is -2.25. The van der Waals surface area contributed by atoms with E-state index in [1.54, 1.807) is 42.5 Å². The topological polar surface area (TPSA) is 79.8 Å². The van der Waals surface area contributed by atoms with Crippen LogP contribution >= 0.6 is 27.5 Å². The van der Waals surface area contributed by atoms with Crippen LogP contribution in [-0.4, -0.2) is 24.6 Å². The van der Waals surface area contributed by atoms with E-state index in [9.17, 15) is 9.59 Å². The number of amides is 1. The smallest absolute Gasteiger partial charge is 0.345 e. The summed E-state index contributed by atoms with van der Waals surface area (Å²) in [5.41, 5.74) is 5.18. The van der Waals surface area contributed by atoms with Crippen molar-refractivity contribution in [1.82, 2.24) is 5.43 Å². The summed E-state index contributed by atoms with van der Waals surface area (Å²) in [5.74, 6) is -0.626. The predicted octanol–water partition coefficient (Wildman–Crippen LogP) is 5.19. The zero-order chi connectivity index (χ0) is 22.2. The number of halogens is 2. The quantitative estimate of drug-likeness (QED) is 0.202. The van der Waals surface area contributed by atoms with E-state index in [1.807, 2.05) is 31.2 Å². The summed E-state index contributed by atoms with van der Waals surface area (Å²) in [7, 11) is 0. The molecule has 0 bridgehead atoms. The van der Waals surface area contributed by atoms with Gasteiger partial charge >= 0.3 is 5.97 Å². The van der Waals surface area contributed by atoms with Gasteiger partial charge in [-0.2, -0.15) is 5.10 Å². The lowest BCUT2D eigenvalue weighted by molar-refractivity contribution is -0.119. The Morgan fingerprint density at radius 1 is 1.10 bits per heavy atom. The van der Waals surface area contributed by atoms with Gasteiger partial charge in [-0.15, -0.1) is 0 Å². The fraction of sp³-hybridized carbons (Fsp3) is 0.0870. The first kappa shape index (κ1) is 22.5. The molecule has 0 saturated carbocycles. The summed E-state index contributed by atoms with van der Waals surface area (Å²) < 4.78 is 6.24. The zero-order valence-corrected chi connectivity index (χ0v) is 18.9. The van der Waals surface area contributed by atoms with E-state index in [0.717, 1.165) is 15.7 Å². The van der Waals surface area contributed by atoms with Crippen molar-refractivity contribution in [2.24, 2.45) is 5.10 Å². The Kier molecular flexibility index (Phi) is 7.81. The molecule has 8 heteroatoms. The van der Waals surface area contributed by atoms with Crippen molar-refractivity contribution in [3.05, 3.63) is 92.9 Å². The fourth-order valence-electron chi connectivity index (χ4n) is 2.56. The van der Waals surface area contributed by atoms with Crippen LogP contribution in [0.25, 0.3) is 0 Å². The van der Waals surface area contributed by atoms with Crippen LogP contribution in [0, 0.1) is 6.92 Å². The molecule has 0 spiro atoms. The van der Waals surface area contributed by atoms with Gasteiger partial charge < -0.3 is 10.1 Å². The van der Waals surface area contributed by atoms with E-state index in [0.29, 0.717) is 10.6 Å². The number of rotatable bonds is 7. The van der Waals surface area contributed by atoms with Gasteiger partial charge in [0.1, 0.15) is 5.75 Å². The molecular formula is C23H19BrClN3O3. The molecule has 0 aliphatic carbocycles. The second-order valence-electron chi connectivity index (χ2n) is 6.56. The third kappa shape index (κ3) is 6.67. The standard InChI is InChI=1S/C23H19BrClN3O3/c1-15-6-9-18(10-7-15)26-14-22(29)28-27-13-16-12-17(24)8-11-21(16)31-23(30)19-4-2-3-5-20(19)25/h2-13,26H,14H2,1H3,(H,28,29)/b27-13+. The number of anilines is 1. The highest BCUT2D eigenvalue weighted by molar-refractivity contribution is 9.10. The van der Waals surface area contributed by atoms with Crippen LogP contribution in [0.15, 0.2) is 76.3 Å². The maximum absolute atomic E-state index is 12.5. The van der Waals surface area contributed by atoms with Crippen LogP contribution in [0.3, 0.4) is 0 Å². The molecule has 0 aromatic heterocycles. The van der Waals surface area contributed by atoms with Gasteiger partial charge in [-0.25, -0.2) is 10.2 Å². The molecule has 0 heterocycles. The van der Waals surface area contributed by atoms with Gasteiger partial charge in [0.05, 0.1) is 23.3 Å². The van der Waals surface area contributed by atoms with Gasteiger partial charge in [0, 0.05) is 15.7 Å². The number of benzene rings is 3. The van der Waals surface area contributed by atoms with E-state index in [-0.39, 0.29) is 23.8 Å². The van der Waals surface area contributed by atoms with Crippen LogP contribution in [0.2, 0.25) is 5.02 Å². The van der Waals surface area contributed by atoms with Gasteiger partial charge in [-0.05, 0) is 49.4 Å². The Balaban J connectivity index is 1.62. The maximum atomic E-state index is 12.5. The molecule has 3 aromatic carbocycles. The van der Waals surface area contributed by atoms with Gasteiger partial charge in [0.25, 0.3) is 5.91 Å². The Labute approximate surface area is 193 Å². The third-order valence-electron chi connectivity index (χ3n) is 4.17. The second kappa shape index (κ2) is 10.7. The summed E-state index contributed by atoms with van der Waals surface area (Å²) in [5, 5.41) is 7.28. The fourth-order valence-corrected chi connectivity index (χ4v) is 3.15. The number of nitrogens with zero attached hydrogens (tertiary/aromatic N) is 1. The van der Waals surface area contributed by atoms with Crippen molar-refractivity contribution in [2.45, 2.75) is 6.92 Å². The lowest BCUT2D eigenvalue weighted by atomic mass is 10.2. The number of ether oxygens (including phenoxy) is 1. The van der Waals surface area contributed by atoms with E-state index >= 15 is 0 Å². The van der Waals surface area contributed by atoms with E-state index in [2.05, 4.69) is 31.8 Å². The van der Waals surface area contributed by atoms with Crippen molar-refractivity contribution < 1.29 is 14.3 Å². The Hall–Kier alpha value is -3.16. The Morgan fingerprint density at radius 3 is 2.58 bits per heavy atom. The molecule has 3 aromatic rings. The van der Waals surface area contributed by atoms with Gasteiger partial charge in [0.2, 0.25) is 0 Å². The molecule has 1 amide bonds. The molecule has 0 saturated heterocycles. The minimum absolute atomic E-state index is 0.0627. The van der Waals surface area contributed by atoms with Crippen molar-refractivity contribution in [1.29, 1.82) is 0 Å². The van der Waals surface area contributed by atoms with Gasteiger partial charge in [-0.1, -0.05) is 57.4 Å². The summed E-state index contributed by atoms with van der Waals surface area (Å²) in [6, 6.07) is 19.4. The molecule has 0 atom stereocenters. The average molecular weight is 501 g/mol. The second-order valence-corrected chi connectivity index (χ2v) is 7.89. The SMILES string of the molecule is Cc1ccc(NCC(=O)N/N=C/c2cc(Br)ccc2OC(=O)c2ccccc2Cl)cc1. The molecule has 3 rings (SSSR count). The molecule has 0 fully saturated rings. The molecule has 0 aliphatic rings. The van der Waals surface area contributed by atoms with Crippen LogP contribution in [0.4, 0.5) is 5.69 Å². The highest BCUT2D eigenvalue weighted by atomic mass is 79.9. The van der Waals surface area contributed by atoms with Crippen LogP contribution in [0.1, 0.15) is 21.5 Å². The average Bonchev–Trinajstić information content (AvgIpc) is 2.75. The summed E-state index contributed by atoms with van der Waals surface area (Å²) >= 11 is 9.44. The van der Waals surface area contributed by atoms with Crippen molar-refractivity contribution >= 4 is 51.3 Å². The largest absolute Gasteiger partial charge is 0.422 e. The summed E-state index contributed by atoms with van der Waals surface area (Å²) in [6.45, 7) is 2.06. The minimum Gasteiger partial charge on any atom is -0.422 e. The van der Waals surface area contributed by atoms with Crippen LogP contribution < -0.4 is 15.5 Å². The summed E-state index contributed by atoms with van der Waals surface area (Å²) in [6.07, 6.45) is 1.41. The first-order valence-electron chi connectivity index (χ1n) is 9.31. The Morgan fingerprint density at radius 2 is 1.84 bits per heavy atom. The molecule has 0 aliphatic heterocycles. The zero-order valence-electron chi connectivity index (χ0n) is 16.6. The number of esters is 1. The number of carbonyl (C=O) groups excluding carboxylic acids is 2. The first-order valence-corrected chi connectivity index (χ1v) is 10.5. The van der Waals surface area contributed by atoms with E-state index < -0.39 is 5.97 Å². The molecule has 0 radical (unpaired) electrons. The monoisotopic (exact) mass is 499 g/mol. The van der Waals surface area contributed by atoms with Crippen LogP contribution in [-0.2, 0) is 4.79 Å². The molecule has 6 nitrogen and oxygen atoms in total. The van der Waals surface area contributed by atoms with E-state index in [4.69, 9.17) is 16.3 Å². The lowest BCUT2D eigenvalue weighted by Gasteiger charge is -2.09. The molecular weight excluding hydrogens is 482 g/mol. The number of nitrogens with one attached hydrogen (secondary N) is 2. The van der Waals surface area contributed by atoms with Crippen molar-refractivity contribution in [3.8, 4) is 5.75 Å². The highest BCUT2D eigenvalue weighted by Crippen LogP contribution is 2.24. The Bertz CT molecular complexity index is 1120. The number of hydrogen-bond acceptors (Lipinski definition) is 5. The number of hydrogen-bond donors (Lipinski definition) is 2. The van der Waals surface area contributed by atoms with Crippen LogP contribution in [0.5, 0.6) is 5.75 Å². The van der Waals surface area contributed by atoms with Gasteiger partial charge in [0.15, 0.2) is 0 Å². The predicted molar refractivity (Wildman–Crippen MR) is 126 cm³/mol. The molecule has 0 unspecified atom stereocenters. The van der Waals surface area contributed by atoms with Crippen molar-refractivity contribution in [3.63, 3.8) is 0 Å². The maximum Gasteiger partial charge on any atom is 0.345 e. The molecule has 2 N–H and O–H groups in total. The number of aryl methyl sites for hydroxylation is 1. The number of carbonyl (C=O) groups is 2. The highest BCUT2D eigenvalue weighted by Gasteiger charge is 2.14. The van der Waals surface area contributed by atoms with Crippen molar-refractivity contribution in [2.75, 3.05) is 11.9 Å². The third-order valence-corrected chi connectivity index (χ3v) is 4.99. The normalized spacial score (nSPS) is 10.7. The first-order chi connectivity index (χ1) is 14.9. The minimum atomic E-state index is -0.589. The number of hydrazone groups is 1.